The van der Waals surface area contributed by atoms with E-state index in [1.54, 1.807) is 18.8 Å². The summed E-state index contributed by atoms with van der Waals surface area (Å²) in [4.78, 5) is 29.8. The zero-order valence-electron chi connectivity index (χ0n) is 16.8. The van der Waals surface area contributed by atoms with Crippen LogP contribution >= 0.6 is 11.8 Å². The third kappa shape index (κ3) is 5.83. The highest BCUT2D eigenvalue weighted by atomic mass is 32.2. The molecule has 0 N–H and O–H groups in total. The maximum Gasteiger partial charge on any atom is 0.306 e. The van der Waals surface area contributed by atoms with Crippen LogP contribution in [0.5, 0.6) is 0 Å². The van der Waals surface area contributed by atoms with Gasteiger partial charge in [0.2, 0.25) is 0 Å². The standard InChI is InChI=1S/C21H30N2O3S/c1-5-7-8-9-16(6-2)26-19(24)12-13-27-18-11-10-17-20(15(18)3)21(25)23(4)14-22-17/h10-11,14,16H,5-9,12-13H2,1-4H3. The smallest absolute Gasteiger partial charge is 0.306 e. The van der Waals surface area contributed by atoms with Crippen LogP contribution in [0.2, 0.25) is 0 Å². The number of thioether (sulfide) groups is 1. The predicted molar refractivity (Wildman–Crippen MR) is 111 cm³/mol. The van der Waals surface area contributed by atoms with E-state index in [2.05, 4.69) is 18.8 Å². The van der Waals surface area contributed by atoms with Crippen molar-refractivity contribution in [3.8, 4) is 0 Å². The molecule has 0 fully saturated rings. The number of esters is 1. The predicted octanol–water partition coefficient (Wildman–Crippen LogP) is 4.63. The third-order valence-electron chi connectivity index (χ3n) is 4.74. The molecule has 1 heterocycles. The van der Waals surface area contributed by atoms with Crippen LogP contribution in [0.3, 0.4) is 0 Å². The van der Waals surface area contributed by atoms with Crippen molar-refractivity contribution in [2.24, 2.45) is 7.05 Å². The molecule has 1 aromatic carbocycles. The van der Waals surface area contributed by atoms with E-state index in [0.29, 0.717) is 23.1 Å². The van der Waals surface area contributed by atoms with Crippen molar-refractivity contribution >= 4 is 28.6 Å². The topological polar surface area (TPSA) is 61.2 Å². The Morgan fingerprint density at radius 2 is 2.07 bits per heavy atom. The molecule has 0 saturated carbocycles. The van der Waals surface area contributed by atoms with Crippen molar-refractivity contribution in [3.63, 3.8) is 0 Å². The fraction of sp³-hybridized carbons (Fsp3) is 0.571. The van der Waals surface area contributed by atoms with Crippen LogP contribution in [0.25, 0.3) is 10.9 Å². The SMILES string of the molecule is CCCCCC(CC)OC(=O)CCSc1ccc2ncn(C)c(=O)c2c1C. The molecule has 0 saturated heterocycles. The minimum atomic E-state index is -0.137. The summed E-state index contributed by atoms with van der Waals surface area (Å²) in [5.41, 5.74) is 1.58. The second-order valence-corrected chi connectivity index (χ2v) is 7.99. The van der Waals surface area contributed by atoms with Gasteiger partial charge < -0.3 is 9.30 Å². The Kier molecular flexibility index (Phi) is 8.35. The Balaban J connectivity index is 1.93. The Bertz CT molecular complexity index is 832. The maximum atomic E-state index is 12.4. The molecule has 6 heteroatoms. The normalized spacial score (nSPS) is 12.3. The lowest BCUT2D eigenvalue weighted by Gasteiger charge is -2.16. The van der Waals surface area contributed by atoms with Gasteiger partial charge in [0.1, 0.15) is 6.10 Å². The molecule has 5 nitrogen and oxygen atoms in total. The monoisotopic (exact) mass is 390 g/mol. The van der Waals surface area contributed by atoms with Crippen LogP contribution in [0, 0.1) is 6.92 Å². The molecular formula is C21H30N2O3S. The molecule has 27 heavy (non-hydrogen) atoms. The van der Waals surface area contributed by atoms with Crippen molar-refractivity contribution in [2.75, 3.05) is 5.75 Å². The number of carbonyl (C=O) groups excluding carboxylic acids is 1. The van der Waals surface area contributed by atoms with Crippen LogP contribution in [0.1, 0.15) is 57.9 Å². The number of carbonyl (C=O) groups is 1. The summed E-state index contributed by atoms with van der Waals surface area (Å²) < 4.78 is 7.09. The first-order chi connectivity index (χ1) is 13.0. The second kappa shape index (κ2) is 10.5. The fourth-order valence-corrected chi connectivity index (χ4v) is 4.02. The summed E-state index contributed by atoms with van der Waals surface area (Å²) in [5, 5.41) is 0.648. The van der Waals surface area contributed by atoms with E-state index in [1.165, 1.54) is 23.7 Å². The molecule has 1 unspecified atom stereocenters. The van der Waals surface area contributed by atoms with Crippen LogP contribution in [0.4, 0.5) is 0 Å². The molecule has 148 valence electrons. The summed E-state index contributed by atoms with van der Waals surface area (Å²) in [5.74, 6) is 0.499. The van der Waals surface area contributed by atoms with E-state index < -0.39 is 0 Å². The molecular weight excluding hydrogens is 360 g/mol. The lowest BCUT2D eigenvalue weighted by atomic mass is 10.1. The molecule has 2 rings (SSSR count). The number of hydrogen-bond acceptors (Lipinski definition) is 5. The van der Waals surface area contributed by atoms with Crippen LogP contribution < -0.4 is 5.56 Å². The molecule has 0 aliphatic carbocycles. The Labute approximate surface area is 165 Å². The summed E-state index contributed by atoms with van der Waals surface area (Å²) in [6.07, 6.45) is 7.22. The summed E-state index contributed by atoms with van der Waals surface area (Å²) >= 11 is 1.58. The number of fused-ring (bicyclic) bond motifs is 1. The molecule has 1 aromatic heterocycles. The van der Waals surface area contributed by atoms with E-state index in [-0.39, 0.29) is 17.6 Å². The number of unbranched alkanes of at least 4 members (excludes halogenated alkanes) is 2. The first kappa shape index (κ1) is 21.5. The Hall–Kier alpha value is -1.82. The zero-order chi connectivity index (χ0) is 19.8. The number of hydrogen-bond donors (Lipinski definition) is 0. The first-order valence-electron chi connectivity index (χ1n) is 9.75. The molecule has 0 radical (unpaired) electrons. The van der Waals surface area contributed by atoms with Gasteiger partial charge in [0.05, 0.1) is 23.7 Å². The highest BCUT2D eigenvalue weighted by Crippen LogP contribution is 2.27. The van der Waals surface area contributed by atoms with E-state index >= 15 is 0 Å². The molecule has 0 bridgehead atoms. The lowest BCUT2D eigenvalue weighted by molar-refractivity contribution is -0.149. The number of rotatable bonds is 10. The number of ether oxygens (including phenoxy) is 1. The van der Waals surface area contributed by atoms with E-state index in [0.717, 1.165) is 29.7 Å². The zero-order valence-corrected chi connectivity index (χ0v) is 17.6. The van der Waals surface area contributed by atoms with Crippen molar-refractivity contribution in [1.29, 1.82) is 0 Å². The minimum absolute atomic E-state index is 0.0329. The van der Waals surface area contributed by atoms with Crippen molar-refractivity contribution < 1.29 is 9.53 Å². The number of benzene rings is 1. The fourth-order valence-electron chi connectivity index (χ4n) is 3.05. The summed E-state index contributed by atoms with van der Waals surface area (Å²) in [7, 11) is 1.70. The molecule has 2 aromatic rings. The molecule has 0 spiro atoms. The van der Waals surface area contributed by atoms with E-state index in [1.807, 2.05) is 19.1 Å². The summed E-state index contributed by atoms with van der Waals surface area (Å²) in [6.45, 7) is 6.17. The quantitative estimate of drug-likeness (QED) is 0.336. The van der Waals surface area contributed by atoms with Gasteiger partial charge in [-0.3, -0.25) is 9.59 Å². The van der Waals surface area contributed by atoms with Gasteiger partial charge in [-0.05, 0) is 43.9 Å². The molecule has 0 amide bonds. The Morgan fingerprint density at radius 1 is 1.30 bits per heavy atom. The number of aryl methyl sites for hydroxylation is 2. The van der Waals surface area contributed by atoms with Gasteiger partial charge in [-0.25, -0.2) is 4.98 Å². The highest BCUT2D eigenvalue weighted by Gasteiger charge is 2.14. The van der Waals surface area contributed by atoms with Gasteiger partial charge in [0.25, 0.3) is 5.56 Å². The van der Waals surface area contributed by atoms with Gasteiger partial charge in [-0.15, -0.1) is 11.8 Å². The van der Waals surface area contributed by atoms with Crippen molar-refractivity contribution in [3.05, 3.63) is 34.4 Å². The van der Waals surface area contributed by atoms with Crippen molar-refractivity contribution in [1.82, 2.24) is 9.55 Å². The van der Waals surface area contributed by atoms with Gasteiger partial charge in [-0.1, -0.05) is 26.7 Å². The Morgan fingerprint density at radius 3 is 2.78 bits per heavy atom. The average Bonchev–Trinajstić information content (AvgIpc) is 2.65. The number of nitrogens with zero attached hydrogens (tertiary/aromatic N) is 2. The van der Waals surface area contributed by atoms with Gasteiger partial charge in [0, 0.05) is 17.7 Å². The molecule has 0 aliphatic rings. The van der Waals surface area contributed by atoms with E-state index in [9.17, 15) is 9.59 Å². The van der Waals surface area contributed by atoms with Gasteiger partial charge in [-0.2, -0.15) is 0 Å². The second-order valence-electron chi connectivity index (χ2n) is 6.86. The highest BCUT2D eigenvalue weighted by molar-refractivity contribution is 7.99. The van der Waals surface area contributed by atoms with Crippen LogP contribution in [0.15, 0.2) is 28.2 Å². The maximum absolute atomic E-state index is 12.4. The molecule has 0 aliphatic heterocycles. The third-order valence-corrected chi connectivity index (χ3v) is 5.91. The minimum Gasteiger partial charge on any atom is -0.462 e. The van der Waals surface area contributed by atoms with Crippen LogP contribution in [-0.2, 0) is 16.6 Å². The lowest BCUT2D eigenvalue weighted by Crippen LogP contribution is -2.18. The molecule has 1 atom stereocenters. The van der Waals surface area contributed by atoms with Crippen molar-refractivity contribution in [2.45, 2.75) is 70.3 Å². The van der Waals surface area contributed by atoms with Gasteiger partial charge in [0.15, 0.2) is 0 Å². The van der Waals surface area contributed by atoms with E-state index in [4.69, 9.17) is 4.74 Å². The summed E-state index contributed by atoms with van der Waals surface area (Å²) in [6, 6.07) is 3.84. The average molecular weight is 391 g/mol. The van der Waals surface area contributed by atoms with Gasteiger partial charge >= 0.3 is 5.97 Å². The first-order valence-corrected chi connectivity index (χ1v) is 10.7. The van der Waals surface area contributed by atoms with Crippen LogP contribution in [-0.4, -0.2) is 27.4 Å². The largest absolute Gasteiger partial charge is 0.462 e. The number of aromatic nitrogens is 2.